The SMILES string of the molecule is CCC(CC)(CNc1cccc(C#N)n1)SC. The summed E-state index contributed by atoms with van der Waals surface area (Å²) in [6, 6.07) is 7.52. The molecule has 0 unspecified atom stereocenters. The van der Waals surface area contributed by atoms with Gasteiger partial charge < -0.3 is 5.32 Å². The van der Waals surface area contributed by atoms with E-state index in [2.05, 4.69) is 36.5 Å². The van der Waals surface area contributed by atoms with Gasteiger partial charge in [-0.3, -0.25) is 0 Å². The van der Waals surface area contributed by atoms with Crippen LogP contribution in [-0.2, 0) is 0 Å². The van der Waals surface area contributed by atoms with Crippen molar-refractivity contribution in [3.63, 3.8) is 0 Å². The van der Waals surface area contributed by atoms with E-state index in [-0.39, 0.29) is 4.75 Å². The van der Waals surface area contributed by atoms with Gasteiger partial charge in [-0.15, -0.1) is 0 Å². The average Bonchev–Trinajstić information content (AvgIpc) is 2.41. The van der Waals surface area contributed by atoms with Crippen molar-refractivity contribution in [3.8, 4) is 6.07 Å². The summed E-state index contributed by atoms with van der Waals surface area (Å²) in [7, 11) is 0. The van der Waals surface area contributed by atoms with Crippen LogP contribution in [0.4, 0.5) is 5.82 Å². The number of thioether (sulfide) groups is 1. The minimum atomic E-state index is 0.254. The zero-order valence-electron chi connectivity index (χ0n) is 10.7. The molecule has 1 heterocycles. The Morgan fingerprint density at radius 2 is 2.12 bits per heavy atom. The Labute approximate surface area is 108 Å². The van der Waals surface area contributed by atoms with Gasteiger partial charge >= 0.3 is 0 Å². The molecule has 0 fully saturated rings. The predicted molar refractivity (Wildman–Crippen MR) is 74.3 cm³/mol. The second-order valence-corrected chi connectivity index (χ2v) is 5.24. The molecule has 1 aromatic heterocycles. The molecule has 0 radical (unpaired) electrons. The lowest BCUT2D eigenvalue weighted by Gasteiger charge is -2.30. The van der Waals surface area contributed by atoms with E-state index < -0.39 is 0 Å². The first-order chi connectivity index (χ1) is 8.19. The molecule has 0 saturated carbocycles. The summed E-state index contributed by atoms with van der Waals surface area (Å²) in [5.41, 5.74) is 0.456. The Kier molecular flexibility index (Phi) is 5.30. The predicted octanol–water partition coefficient (Wildman–Crippen LogP) is 3.29. The first-order valence-corrected chi connectivity index (χ1v) is 7.08. The van der Waals surface area contributed by atoms with E-state index in [1.807, 2.05) is 23.9 Å². The van der Waals surface area contributed by atoms with Crippen molar-refractivity contribution < 1.29 is 0 Å². The van der Waals surface area contributed by atoms with Gasteiger partial charge in [-0.25, -0.2) is 4.98 Å². The third-order valence-electron chi connectivity index (χ3n) is 3.18. The third kappa shape index (κ3) is 3.64. The molecule has 0 spiro atoms. The summed E-state index contributed by atoms with van der Waals surface area (Å²) in [5, 5.41) is 12.1. The van der Waals surface area contributed by atoms with Crippen LogP contribution in [-0.4, -0.2) is 22.5 Å². The number of aromatic nitrogens is 1. The van der Waals surface area contributed by atoms with Gasteiger partial charge in [-0.1, -0.05) is 19.9 Å². The number of nitrogens with zero attached hydrogens (tertiary/aromatic N) is 2. The lowest BCUT2D eigenvalue weighted by atomic mass is 10.0. The fourth-order valence-electron chi connectivity index (χ4n) is 1.71. The van der Waals surface area contributed by atoms with E-state index in [4.69, 9.17) is 5.26 Å². The number of nitriles is 1. The van der Waals surface area contributed by atoms with Crippen molar-refractivity contribution >= 4 is 17.6 Å². The molecule has 0 aliphatic rings. The van der Waals surface area contributed by atoms with Crippen LogP contribution in [0.1, 0.15) is 32.4 Å². The number of pyridine rings is 1. The number of nitrogens with one attached hydrogen (secondary N) is 1. The molecule has 92 valence electrons. The Morgan fingerprint density at radius 1 is 1.41 bits per heavy atom. The number of anilines is 1. The van der Waals surface area contributed by atoms with Crippen molar-refractivity contribution in [1.29, 1.82) is 5.26 Å². The lowest BCUT2D eigenvalue weighted by Crippen LogP contribution is -2.32. The molecule has 3 nitrogen and oxygen atoms in total. The third-order valence-corrected chi connectivity index (χ3v) is 4.76. The van der Waals surface area contributed by atoms with Crippen LogP contribution in [0.25, 0.3) is 0 Å². The Morgan fingerprint density at radius 3 is 2.65 bits per heavy atom. The molecule has 17 heavy (non-hydrogen) atoms. The molecule has 0 amide bonds. The van der Waals surface area contributed by atoms with Gasteiger partial charge in [-0.2, -0.15) is 17.0 Å². The van der Waals surface area contributed by atoms with Crippen molar-refractivity contribution in [2.75, 3.05) is 18.1 Å². The zero-order chi connectivity index (χ0) is 12.7. The van der Waals surface area contributed by atoms with E-state index >= 15 is 0 Å². The number of rotatable bonds is 6. The molecule has 4 heteroatoms. The van der Waals surface area contributed by atoms with E-state index in [0.717, 1.165) is 25.2 Å². The van der Waals surface area contributed by atoms with Gasteiger partial charge in [0.1, 0.15) is 17.6 Å². The van der Waals surface area contributed by atoms with Crippen molar-refractivity contribution in [3.05, 3.63) is 23.9 Å². The summed E-state index contributed by atoms with van der Waals surface area (Å²) in [5.74, 6) is 0.782. The summed E-state index contributed by atoms with van der Waals surface area (Å²) < 4.78 is 0.254. The summed E-state index contributed by atoms with van der Waals surface area (Å²) >= 11 is 1.89. The minimum absolute atomic E-state index is 0.254. The van der Waals surface area contributed by atoms with Crippen molar-refractivity contribution in [2.24, 2.45) is 0 Å². The van der Waals surface area contributed by atoms with Crippen LogP contribution in [0.2, 0.25) is 0 Å². The molecule has 0 bridgehead atoms. The molecule has 0 saturated heterocycles. The second kappa shape index (κ2) is 6.51. The van der Waals surface area contributed by atoms with E-state index in [1.165, 1.54) is 0 Å². The molecule has 0 aliphatic carbocycles. The summed E-state index contributed by atoms with van der Waals surface area (Å²) in [6.07, 6.45) is 4.39. The zero-order valence-corrected chi connectivity index (χ0v) is 11.5. The van der Waals surface area contributed by atoms with Gasteiger partial charge in [0.15, 0.2) is 0 Å². The van der Waals surface area contributed by atoms with Gasteiger partial charge in [0.05, 0.1) is 0 Å². The first kappa shape index (κ1) is 13.9. The highest BCUT2D eigenvalue weighted by Gasteiger charge is 2.24. The largest absolute Gasteiger partial charge is 0.369 e. The van der Waals surface area contributed by atoms with Crippen molar-refractivity contribution in [2.45, 2.75) is 31.4 Å². The monoisotopic (exact) mass is 249 g/mol. The molecule has 1 N–H and O–H groups in total. The van der Waals surface area contributed by atoms with Gasteiger partial charge in [0, 0.05) is 11.3 Å². The Hall–Kier alpha value is -1.21. The average molecular weight is 249 g/mol. The highest BCUT2D eigenvalue weighted by atomic mass is 32.2. The maximum absolute atomic E-state index is 8.78. The number of hydrogen-bond donors (Lipinski definition) is 1. The molecule has 0 atom stereocenters. The van der Waals surface area contributed by atoms with E-state index in [0.29, 0.717) is 5.69 Å². The lowest BCUT2D eigenvalue weighted by molar-refractivity contribution is 0.574. The highest BCUT2D eigenvalue weighted by Crippen LogP contribution is 2.30. The topological polar surface area (TPSA) is 48.7 Å². The number of hydrogen-bond acceptors (Lipinski definition) is 4. The van der Waals surface area contributed by atoms with E-state index in [9.17, 15) is 0 Å². The fraction of sp³-hybridized carbons (Fsp3) is 0.538. The second-order valence-electron chi connectivity index (χ2n) is 3.97. The van der Waals surface area contributed by atoms with Crippen LogP contribution >= 0.6 is 11.8 Å². The highest BCUT2D eigenvalue weighted by molar-refractivity contribution is 8.00. The van der Waals surface area contributed by atoms with Crippen LogP contribution in [0.3, 0.4) is 0 Å². The Bertz CT molecular complexity index is 386. The molecule has 0 aromatic carbocycles. The van der Waals surface area contributed by atoms with Crippen LogP contribution in [0.15, 0.2) is 18.2 Å². The van der Waals surface area contributed by atoms with Gasteiger partial charge in [-0.05, 0) is 31.2 Å². The molecule has 0 aliphatic heterocycles. The Balaban J connectivity index is 2.69. The molecule has 1 rings (SSSR count). The minimum Gasteiger partial charge on any atom is -0.369 e. The fourth-order valence-corrected chi connectivity index (χ4v) is 2.50. The van der Waals surface area contributed by atoms with Crippen LogP contribution in [0.5, 0.6) is 0 Å². The van der Waals surface area contributed by atoms with Gasteiger partial charge in [0.25, 0.3) is 0 Å². The van der Waals surface area contributed by atoms with Crippen molar-refractivity contribution in [1.82, 2.24) is 4.98 Å². The quantitative estimate of drug-likeness (QED) is 0.840. The maximum Gasteiger partial charge on any atom is 0.142 e. The first-order valence-electron chi connectivity index (χ1n) is 5.86. The van der Waals surface area contributed by atoms with Crippen LogP contribution in [0, 0.1) is 11.3 Å². The normalized spacial score (nSPS) is 10.9. The summed E-state index contributed by atoms with van der Waals surface area (Å²) in [6.45, 7) is 5.30. The van der Waals surface area contributed by atoms with Gasteiger partial charge in [0.2, 0.25) is 0 Å². The van der Waals surface area contributed by atoms with E-state index in [1.54, 1.807) is 6.07 Å². The standard InChI is InChI=1S/C13H19N3S/c1-4-13(5-2,17-3)10-15-12-8-6-7-11(9-14)16-12/h6-8H,4-5,10H2,1-3H3,(H,15,16). The summed E-state index contributed by atoms with van der Waals surface area (Å²) in [4.78, 5) is 4.22. The molecular formula is C13H19N3S. The van der Waals surface area contributed by atoms with Crippen LogP contribution < -0.4 is 5.32 Å². The maximum atomic E-state index is 8.78. The molecule has 1 aromatic rings. The smallest absolute Gasteiger partial charge is 0.142 e. The molecular weight excluding hydrogens is 230 g/mol.